The summed E-state index contributed by atoms with van der Waals surface area (Å²) in [6.45, 7) is 6.57. The number of rotatable bonds is 13. The summed E-state index contributed by atoms with van der Waals surface area (Å²) in [6, 6.07) is 0. The molecule has 7 heteroatoms. The number of hydrogen-bond acceptors (Lipinski definition) is 5. The zero-order valence-electron chi connectivity index (χ0n) is 15.7. The van der Waals surface area contributed by atoms with Gasteiger partial charge in [-0.3, -0.25) is 9.36 Å². The molecule has 2 atom stereocenters. The van der Waals surface area contributed by atoms with Gasteiger partial charge in [0.2, 0.25) is 0 Å². The summed E-state index contributed by atoms with van der Waals surface area (Å²) in [5, 5.41) is 0. The first-order valence-corrected chi connectivity index (χ1v) is 10.4. The lowest BCUT2D eigenvalue weighted by atomic mass is 10.1. The van der Waals surface area contributed by atoms with Gasteiger partial charge in [0.15, 0.2) is 0 Å². The summed E-state index contributed by atoms with van der Waals surface area (Å²) >= 11 is 0. The first kappa shape index (κ1) is 22.6. The van der Waals surface area contributed by atoms with Gasteiger partial charge >= 0.3 is 13.6 Å². The van der Waals surface area contributed by atoms with Crippen LogP contribution in [0.5, 0.6) is 0 Å². The Kier molecular flexibility index (Phi) is 11.0. The highest BCUT2D eigenvalue weighted by Crippen LogP contribution is 2.44. The molecule has 2 unspecified atom stereocenters. The minimum Gasteiger partial charge on any atom is -0.460 e. The van der Waals surface area contributed by atoms with E-state index in [4.69, 9.17) is 13.8 Å². The fourth-order valence-electron chi connectivity index (χ4n) is 1.80. The Morgan fingerprint density at radius 2 is 1.78 bits per heavy atom. The number of hydrogen-bond donors (Lipinski definition) is 0. The Bertz CT molecular complexity index is 381. The summed E-state index contributed by atoms with van der Waals surface area (Å²) in [5.41, 5.74) is 0. The van der Waals surface area contributed by atoms with Crippen LogP contribution in [0.4, 0.5) is 0 Å². The van der Waals surface area contributed by atoms with E-state index in [9.17, 15) is 9.36 Å². The molecular weight excluding hydrogens is 317 g/mol. The Labute approximate surface area is 141 Å². The van der Waals surface area contributed by atoms with Crippen LogP contribution in [0.25, 0.3) is 0 Å². The first-order valence-electron chi connectivity index (χ1n) is 8.46. The monoisotopic (exact) mass is 352 g/mol. The molecule has 0 radical (unpaired) electrons. The smallest absolute Gasteiger partial charge is 0.327 e. The SMILES string of the molecule is CCCCCC(COP(C)(=O)OCC[N+](C)(C)C)OC(=O)CC. The summed E-state index contributed by atoms with van der Waals surface area (Å²) in [7, 11) is 3.00. The standard InChI is InChI=1S/C16H35NO5P/c1-7-9-10-11-15(22-16(18)8-2)14-21-23(6,19)20-13-12-17(3,4)5/h15H,7-14H2,1-6H3/q+1. The molecule has 138 valence electrons. The van der Waals surface area contributed by atoms with Crippen molar-refractivity contribution in [1.29, 1.82) is 0 Å². The van der Waals surface area contributed by atoms with Crippen molar-refractivity contribution in [3.8, 4) is 0 Å². The summed E-state index contributed by atoms with van der Waals surface area (Å²) in [6.07, 6.45) is 3.81. The molecule has 0 rings (SSSR count). The molecule has 6 nitrogen and oxygen atoms in total. The molecule has 0 amide bonds. The van der Waals surface area contributed by atoms with E-state index in [2.05, 4.69) is 6.92 Å². The van der Waals surface area contributed by atoms with Crippen LogP contribution in [0.15, 0.2) is 0 Å². The van der Waals surface area contributed by atoms with Crippen LogP contribution >= 0.6 is 7.60 Å². The van der Waals surface area contributed by atoms with Gasteiger partial charge in [-0.15, -0.1) is 0 Å². The third-order valence-electron chi connectivity index (χ3n) is 3.30. The molecule has 0 aliphatic rings. The second-order valence-corrected chi connectivity index (χ2v) is 8.93. The average Bonchev–Trinajstić information content (AvgIpc) is 2.43. The Morgan fingerprint density at radius 1 is 1.13 bits per heavy atom. The first-order chi connectivity index (χ1) is 10.6. The van der Waals surface area contributed by atoms with Gasteiger partial charge in [-0.1, -0.05) is 26.7 Å². The maximum absolute atomic E-state index is 12.3. The molecule has 0 bridgehead atoms. The molecule has 23 heavy (non-hydrogen) atoms. The van der Waals surface area contributed by atoms with Crippen LogP contribution in [0, 0.1) is 0 Å². The van der Waals surface area contributed by atoms with Crippen LogP contribution < -0.4 is 0 Å². The number of ether oxygens (including phenoxy) is 1. The number of likely N-dealkylation sites (N-methyl/N-ethyl adjacent to an activating group) is 1. The largest absolute Gasteiger partial charge is 0.460 e. The van der Waals surface area contributed by atoms with Gasteiger partial charge in [-0.2, -0.15) is 0 Å². The normalized spacial score (nSPS) is 15.9. The lowest BCUT2D eigenvalue weighted by Crippen LogP contribution is -2.37. The zero-order valence-corrected chi connectivity index (χ0v) is 16.6. The van der Waals surface area contributed by atoms with E-state index in [1.807, 2.05) is 21.1 Å². The van der Waals surface area contributed by atoms with Crippen molar-refractivity contribution in [1.82, 2.24) is 0 Å². The molecule has 0 aromatic heterocycles. The van der Waals surface area contributed by atoms with E-state index in [-0.39, 0.29) is 18.7 Å². The van der Waals surface area contributed by atoms with Crippen LogP contribution in [-0.4, -0.2) is 64.1 Å². The predicted octanol–water partition coefficient (Wildman–Crippen LogP) is 3.45. The lowest BCUT2D eigenvalue weighted by Gasteiger charge is -2.25. The second kappa shape index (κ2) is 11.2. The molecule has 0 saturated heterocycles. The molecule has 0 aliphatic carbocycles. The molecule has 0 aliphatic heterocycles. The molecule has 0 saturated carbocycles. The van der Waals surface area contributed by atoms with Crippen LogP contribution in [0.3, 0.4) is 0 Å². The molecule has 0 heterocycles. The summed E-state index contributed by atoms with van der Waals surface area (Å²) in [4.78, 5) is 11.5. The van der Waals surface area contributed by atoms with Gasteiger partial charge in [0, 0.05) is 13.1 Å². The van der Waals surface area contributed by atoms with Crippen molar-refractivity contribution in [2.75, 3.05) is 47.6 Å². The minimum atomic E-state index is -3.12. The Morgan fingerprint density at radius 3 is 2.30 bits per heavy atom. The van der Waals surface area contributed by atoms with E-state index >= 15 is 0 Å². The highest BCUT2D eigenvalue weighted by atomic mass is 31.2. The summed E-state index contributed by atoms with van der Waals surface area (Å²) < 4.78 is 29.2. The maximum atomic E-state index is 12.3. The number of unbranched alkanes of at least 4 members (excludes halogenated alkanes) is 2. The molecular formula is C16H35NO5P+. The molecule has 0 fully saturated rings. The van der Waals surface area contributed by atoms with Crippen molar-refractivity contribution in [2.24, 2.45) is 0 Å². The minimum absolute atomic E-state index is 0.119. The highest BCUT2D eigenvalue weighted by molar-refractivity contribution is 7.52. The van der Waals surface area contributed by atoms with E-state index < -0.39 is 7.60 Å². The van der Waals surface area contributed by atoms with Crippen LogP contribution in [0.1, 0.15) is 46.0 Å². The van der Waals surface area contributed by atoms with Gasteiger partial charge in [0.1, 0.15) is 19.3 Å². The third-order valence-corrected chi connectivity index (χ3v) is 4.57. The Balaban J connectivity index is 4.32. The van der Waals surface area contributed by atoms with Crippen molar-refractivity contribution in [2.45, 2.75) is 52.1 Å². The van der Waals surface area contributed by atoms with Crippen molar-refractivity contribution < 1.29 is 27.6 Å². The van der Waals surface area contributed by atoms with E-state index in [1.54, 1.807) is 6.92 Å². The quantitative estimate of drug-likeness (QED) is 0.220. The zero-order chi connectivity index (χ0) is 17.9. The van der Waals surface area contributed by atoms with Gasteiger partial charge < -0.3 is 18.3 Å². The van der Waals surface area contributed by atoms with Crippen molar-refractivity contribution in [3.63, 3.8) is 0 Å². The second-order valence-electron chi connectivity index (χ2n) is 6.88. The maximum Gasteiger partial charge on any atom is 0.327 e. The molecule has 0 aromatic rings. The van der Waals surface area contributed by atoms with Gasteiger partial charge in [-0.05, 0) is 12.8 Å². The molecule has 0 spiro atoms. The number of carbonyl (C=O) groups excluding carboxylic acids is 1. The lowest BCUT2D eigenvalue weighted by molar-refractivity contribution is -0.870. The third kappa shape index (κ3) is 13.7. The fraction of sp³-hybridized carbons (Fsp3) is 0.938. The van der Waals surface area contributed by atoms with Crippen molar-refractivity contribution in [3.05, 3.63) is 0 Å². The van der Waals surface area contributed by atoms with Gasteiger partial charge in [0.05, 0.1) is 27.7 Å². The Hall–Kier alpha value is -0.420. The van der Waals surface area contributed by atoms with Crippen LogP contribution in [0.2, 0.25) is 0 Å². The van der Waals surface area contributed by atoms with E-state index in [0.29, 0.717) is 13.0 Å². The van der Waals surface area contributed by atoms with Gasteiger partial charge in [-0.25, -0.2) is 0 Å². The van der Waals surface area contributed by atoms with Crippen molar-refractivity contribution >= 4 is 13.6 Å². The highest BCUT2D eigenvalue weighted by Gasteiger charge is 2.22. The topological polar surface area (TPSA) is 61.8 Å². The van der Waals surface area contributed by atoms with Gasteiger partial charge in [0.25, 0.3) is 0 Å². The number of esters is 1. The fourth-order valence-corrected chi connectivity index (χ4v) is 2.73. The van der Waals surface area contributed by atoms with E-state index in [0.717, 1.165) is 36.7 Å². The summed E-state index contributed by atoms with van der Waals surface area (Å²) in [5.74, 6) is -0.257. The van der Waals surface area contributed by atoms with Crippen LogP contribution in [-0.2, 0) is 23.1 Å². The predicted molar refractivity (Wildman–Crippen MR) is 92.6 cm³/mol. The molecule has 0 aromatic carbocycles. The molecule has 0 N–H and O–H groups in total. The number of quaternary nitrogens is 1. The number of nitrogens with zero attached hydrogens (tertiary/aromatic N) is 1. The average molecular weight is 352 g/mol. The van der Waals surface area contributed by atoms with E-state index in [1.165, 1.54) is 6.66 Å². The number of carbonyl (C=O) groups is 1.